The summed E-state index contributed by atoms with van der Waals surface area (Å²) in [7, 11) is 0. The molecule has 1 heterocycles. The van der Waals surface area contributed by atoms with E-state index in [-0.39, 0.29) is 11.9 Å². The Labute approximate surface area is 117 Å². The second kappa shape index (κ2) is 5.65. The van der Waals surface area contributed by atoms with Crippen molar-refractivity contribution in [2.24, 2.45) is 0 Å². The number of nitrogens with zero attached hydrogens (tertiary/aromatic N) is 2. The van der Waals surface area contributed by atoms with Crippen LogP contribution in [0.15, 0.2) is 18.2 Å². The maximum Gasteiger partial charge on any atom is 0.203 e. The van der Waals surface area contributed by atoms with Gasteiger partial charge < -0.3 is 5.32 Å². The Morgan fingerprint density at radius 3 is 2.58 bits per heavy atom. The molecule has 1 N–H and O–H groups in total. The lowest BCUT2D eigenvalue weighted by Crippen LogP contribution is -2.07. The third-order valence-corrected chi connectivity index (χ3v) is 3.65. The van der Waals surface area contributed by atoms with Gasteiger partial charge in [0, 0.05) is 17.5 Å². The molecule has 1 atom stereocenters. The average Bonchev–Trinajstić information content (AvgIpc) is 2.81. The highest BCUT2D eigenvalue weighted by Gasteiger charge is 2.12. The quantitative estimate of drug-likeness (QED) is 0.907. The van der Waals surface area contributed by atoms with Gasteiger partial charge in [0.15, 0.2) is 0 Å². The fourth-order valence-electron chi connectivity index (χ4n) is 1.67. The molecular formula is C14H18FN3S. The van der Waals surface area contributed by atoms with E-state index in [0.29, 0.717) is 11.5 Å². The van der Waals surface area contributed by atoms with E-state index in [9.17, 15) is 4.39 Å². The molecular weight excluding hydrogens is 261 g/mol. The van der Waals surface area contributed by atoms with Crippen molar-refractivity contribution in [3.63, 3.8) is 0 Å². The van der Waals surface area contributed by atoms with Crippen molar-refractivity contribution in [3.8, 4) is 0 Å². The van der Waals surface area contributed by atoms with Gasteiger partial charge in [-0.2, -0.15) is 4.37 Å². The summed E-state index contributed by atoms with van der Waals surface area (Å²) in [5.41, 5.74) is 1.57. The summed E-state index contributed by atoms with van der Waals surface area (Å²) in [5, 5.41) is 4.03. The van der Waals surface area contributed by atoms with Gasteiger partial charge in [-0.15, -0.1) is 0 Å². The topological polar surface area (TPSA) is 37.8 Å². The summed E-state index contributed by atoms with van der Waals surface area (Å²) in [5.74, 6) is 0.986. The highest BCUT2D eigenvalue weighted by Crippen LogP contribution is 2.23. The number of hydrogen-bond donors (Lipinski definition) is 1. The molecule has 0 aliphatic heterocycles. The van der Waals surface area contributed by atoms with Crippen LogP contribution in [-0.2, 0) is 0 Å². The van der Waals surface area contributed by atoms with Crippen LogP contribution in [0, 0.1) is 12.7 Å². The van der Waals surface area contributed by atoms with Crippen molar-refractivity contribution in [2.45, 2.75) is 39.7 Å². The molecule has 0 radical (unpaired) electrons. The van der Waals surface area contributed by atoms with Crippen LogP contribution >= 0.6 is 11.5 Å². The van der Waals surface area contributed by atoms with Crippen LogP contribution in [0.4, 0.5) is 9.52 Å². The van der Waals surface area contributed by atoms with Crippen LogP contribution in [0.2, 0.25) is 0 Å². The van der Waals surface area contributed by atoms with Crippen molar-refractivity contribution in [2.75, 3.05) is 5.32 Å². The summed E-state index contributed by atoms with van der Waals surface area (Å²) in [6.07, 6.45) is 0. The van der Waals surface area contributed by atoms with Crippen molar-refractivity contribution < 1.29 is 4.39 Å². The van der Waals surface area contributed by atoms with E-state index in [1.807, 2.05) is 13.0 Å². The average molecular weight is 279 g/mol. The second-order valence-corrected chi connectivity index (χ2v) is 5.74. The van der Waals surface area contributed by atoms with Crippen molar-refractivity contribution >= 4 is 16.7 Å². The first-order valence-electron chi connectivity index (χ1n) is 6.33. The SMILES string of the molecule is Cc1ccc(C(C)Nc2nc(C(C)C)ns2)cc1F. The number of halogens is 1. The molecule has 1 aromatic carbocycles. The Hall–Kier alpha value is -1.49. The molecule has 102 valence electrons. The molecule has 0 amide bonds. The number of aromatic nitrogens is 2. The van der Waals surface area contributed by atoms with Crippen LogP contribution in [0.5, 0.6) is 0 Å². The minimum atomic E-state index is -0.175. The van der Waals surface area contributed by atoms with Crippen LogP contribution in [0.3, 0.4) is 0 Å². The smallest absolute Gasteiger partial charge is 0.203 e. The fraction of sp³-hybridized carbons (Fsp3) is 0.429. The molecule has 2 rings (SSSR count). The summed E-state index contributed by atoms with van der Waals surface area (Å²) in [6, 6.07) is 5.29. The van der Waals surface area contributed by atoms with Crippen LogP contribution in [0.1, 0.15) is 49.7 Å². The molecule has 2 aromatic rings. The molecule has 0 aliphatic carbocycles. The molecule has 0 spiro atoms. The Bertz CT molecular complexity index is 566. The largest absolute Gasteiger partial charge is 0.354 e. The lowest BCUT2D eigenvalue weighted by atomic mass is 10.1. The molecule has 19 heavy (non-hydrogen) atoms. The van der Waals surface area contributed by atoms with Crippen LogP contribution in [0.25, 0.3) is 0 Å². The second-order valence-electron chi connectivity index (χ2n) is 4.99. The molecule has 5 heteroatoms. The molecule has 0 aliphatic rings. The first kappa shape index (κ1) is 13.9. The molecule has 3 nitrogen and oxygen atoms in total. The van der Waals surface area contributed by atoms with E-state index in [2.05, 4.69) is 28.5 Å². The van der Waals surface area contributed by atoms with E-state index in [0.717, 1.165) is 16.5 Å². The monoisotopic (exact) mass is 279 g/mol. The lowest BCUT2D eigenvalue weighted by Gasteiger charge is -2.13. The van der Waals surface area contributed by atoms with E-state index in [1.165, 1.54) is 11.5 Å². The van der Waals surface area contributed by atoms with E-state index in [1.54, 1.807) is 19.1 Å². The van der Waals surface area contributed by atoms with Gasteiger partial charge in [-0.3, -0.25) is 0 Å². The standard InChI is InChI=1S/C14H18FN3S/c1-8(2)13-17-14(19-18-13)16-10(4)11-6-5-9(3)12(15)7-11/h5-8,10H,1-4H3,(H,16,17,18). The number of nitrogens with one attached hydrogen (secondary N) is 1. The van der Waals surface area contributed by atoms with Gasteiger partial charge in [-0.1, -0.05) is 26.0 Å². The molecule has 0 bridgehead atoms. The van der Waals surface area contributed by atoms with Gasteiger partial charge in [0.05, 0.1) is 6.04 Å². The van der Waals surface area contributed by atoms with Gasteiger partial charge in [0.25, 0.3) is 0 Å². The van der Waals surface area contributed by atoms with Gasteiger partial charge >= 0.3 is 0 Å². The minimum Gasteiger partial charge on any atom is -0.354 e. The Morgan fingerprint density at radius 2 is 2.00 bits per heavy atom. The van der Waals surface area contributed by atoms with Crippen LogP contribution in [-0.4, -0.2) is 9.36 Å². The predicted octanol–water partition coefficient (Wildman–Crippen LogP) is 4.28. The first-order valence-corrected chi connectivity index (χ1v) is 7.11. The molecule has 1 unspecified atom stereocenters. The Morgan fingerprint density at radius 1 is 1.26 bits per heavy atom. The highest BCUT2D eigenvalue weighted by atomic mass is 32.1. The number of anilines is 1. The zero-order valence-corrected chi connectivity index (χ0v) is 12.4. The molecule has 0 saturated carbocycles. The molecule has 0 saturated heterocycles. The number of hydrogen-bond acceptors (Lipinski definition) is 4. The third-order valence-electron chi connectivity index (χ3n) is 2.99. The van der Waals surface area contributed by atoms with Crippen molar-refractivity contribution in [1.29, 1.82) is 0 Å². The zero-order valence-electron chi connectivity index (χ0n) is 11.6. The molecule has 1 aromatic heterocycles. The van der Waals surface area contributed by atoms with Gasteiger partial charge in [0.1, 0.15) is 11.6 Å². The summed E-state index contributed by atoms with van der Waals surface area (Å²) in [6.45, 7) is 7.87. The summed E-state index contributed by atoms with van der Waals surface area (Å²) in [4.78, 5) is 4.42. The first-order chi connectivity index (χ1) is 8.97. The number of benzene rings is 1. The normalized spacial score (nSPS) is 12.7. The van der Waals surface area contributed by atoms with Crippen LogP contribution < -0.4 is 5.32 Å². The fourth-order valence-corrected chi connectivity index (χ4v) is 2.47. The predicted molar refractivity (Wildman–Crippen MR) is 77.2 cm³/mol. The van der Waals surface area contributed by atoms with Crippen molar-refractivity contribution in [1.82, 2.24) is 9.36 Å². The maximum absolute atomic E-state index is 13.5. The Balaban J connectivity index is 2.11. The van der Waals surface area contributed by atoms with E-state index in [4.69, 9.17) is 0 Å². The summed E-state index contributed by atoms with van der Waals surface area (Å²) >= 11 is 1.34. The van der Waals surface area contributed by atoms with Gasteiger partial charge in [-0.25, -0.2) is 9.37 Å². The van der Waals surface area contributed by atoms with E-state index >= 15 is 0 Å². The zero-order chi connectivity index (χ0) is 14.0. The van der Waals surface area contributed by atoms with Gasteiger partial charge in [0.2, 0.25) is 5.13 Å². The maximum atomic E-state index is 13.5. The minimum absolute atomic E-state index is 0.00284. The van der Waals surface area contributed by atoms with Gasteiger partial charge in [-0.05, 0) is 31.0 Å². The van der Waals surface area contributed by atoms with Crippen molar-refractivity contribution in [3.05, 3.63) is 41.0 Å². The van der Waals surface area contributed by atoms with E-state index < -0.39 is 0 Å². The number of rotatable bonds is 4. The number of aryl methyl sites for hydroxylation is 1. The molecule has 0 fully saturated rings. The highest BCUT2D eigenvalue weighted by molar-refractivity contribution is 7.09. The lowest BCUT2D eigenvalue weighted by molar-refractivity contribution is 0.614. The third kappa shape index (κ3) is 3.29. The Kier molecular flexibility index (Phi) is 4.14. The summed E-state index contributed by atoms with van der Waals surface area (Å²) < 4.78 is 17.8.